The van der Waals surface area contributed by atoms with Crippen molar-refractivity contribution in [1.29, 1.82) is 0 Å². The molecule has 25 heavy (non-hydrogen) atoms. The maximum absolute atomic E-state index is 9.75. The maximum Gasteiger partial charge on any atom is 0.673 e. The number of unbranched alkanes of at least 4 members (excludes halogenated alkanes) is 2. The molecule has 7 heteroatoms. The highest BCUT2D eigenvalue weighted by Crippen LogP contribution is 2.34. The first-order valence-corrected chi connectivity index (χ1v) is 9.47. The zero-order chi connectivity index (χ0) is 19.7. The molecule has 0 aliphatic carbocycles. The van der Waals surface area contributed by atoms with E-state index in [1.807, 2.05) is 0 Å². The van der Waals surface area contributed by atoms with Crippen molar-refractivity contribution in [2.45, 2.75) is 79.6 Å². The van der Waals surface area contributed by atoms with Crippen molar-refractivity contribution in [3.05, 3.63) is 11.4 Å². The number of hydrogen-bond donors (Lipinski definition) is 0. The highest BCUT2D eigenvalue weighted by atomic mass is 19.5. The van der Waals surface area contributed by atoms with E-state index >= 15 is 0 Å². The van der Waals surface area contributed by atoms with E-state index in [1.54, 1.807) is 5.70 Å². The van der Waals surface area contributed by atoms with Crippen molar-refractivity contribution < 1.29 is 21.7 Å². The van der Waals surface area contributed by atoms with Gasteiger partial charge in [0, 0.05) is 13.3 Å². The first-order chi connectivity index (χ1) is 11.5. The lowest BCUT2D eigenvalue weighted by molar-refractivity contribution is -0.781. The summed E-state index contributed by atoms with van der Waals surface area (Å²) < 4.78 is 40.0. The molecule has 1 aliphatic heterocycles. The summed E-state index contributed by atoms with van der Waals surface area (Å²) >= 11 is 0. The fourth-order valence-corrected chi connectivity index (χ4v) is 2.98. The van der Waals surface area contributed by atoms with Gasteiger partial charge in [-0.1, -0.05) is 40.5 Å². The summed E-state index contributed by atoms with van der Waals surface area (Å²) in [5.41, 5.74) is 3.02. The molecular formula is C18H35BF4N2. The number of allylic oxidation sites excluding steroid dienone is 2. The van der Waals surface area contributed by atoms with E-state index in [-0.39, 0.29) is 0 Å². The van der Waals surface area contributed by atoms with E-state index < -0.39 is 7.25 Å². The molecule has 0 saturated carbocycles. The van der Waals surface area contributed by atoms with Gasteiger partial charge in [-0.2, -0.15) is 4.99 Å². The van der Waals surface area contributed by atoms with Crippen LogP contribution >= 0.6 is 0 Å². The molecule has 0 saturated heterocycles. The molecule has 0 aromatic heterocycles. The van der Waals surface area contributed by atoms with Crippen LogP contribution in [0, 0.1) is 5.92 Å². The molecule has 1 aliphatic rings. The Morgan fingerprint density at radius 2 is 1.52 bits per heavy atom. The molecule has 0 aromatic carbocycles. The average molecular weight is 366 g/mol. The fraction of sp³-hybridized carbons (Fsp3) is 0.833. The van der Waals surface area contributed by atoms with Gasteiger partial charge in [0.1, 0.15) is 11.4 Å². The van der Waals surface area contributed by atoms with E-state index in [1.165, 1.54) is 56.6 Å². The maximum atomic E-state index is 9.75. The molecule has 1 unspecified atom stereocenters. The SMILES string of the molecule is CCCCC1=C(CCC(C)C)N=C(C)[N+]1(C)CCCC.F[B-](F)(F)F. The molecule has 2 nitrogen and oxygen atoms in total. The number of amidine groups is 1. The van der Waals surface area contributed by atoms with E-state index in [0.717, 1.165) is 16.8 Å². The summed E-state index contributed by atoms with van der Waals surface area (Å²) in [4.78, 5) is 4.97. The van der Waals surface area contributed by atoms with Gasteiger partial charge in [0.15, 0.2) is 0 Å². The number of hydrogen-bond acceptors (Lipinski definition) is 1. The molecule has 0 radical (unpaired) electrons. The third-order valence-electron chi connectivity index (χ3n) is 4.62. The third kappa shape index (κ3) is 9.43. The first kappa shape index (κ1) is 24.2. The van der Waals surface area contributed by atoms with Gasteiger partial charge < -0.3 is 17.3 Å². The van der Waals surface area contributed by atoms with Gasteiger partial charge in [0.25, 0.3) is 0 Å². The van der Waals surface area contributed by atoms with Crippen LogP contribution in [0.25, 0.3) is 0 Å². The number of nitrogens with zero attached hydrogens (tertiary/aromatic N) is 2. The Labute approximate surface area is 151 Å². The van der Waals surface area contributed by atoms with Crippen LogP contribution in [-0.4, -0.2) is 31.2 Å². The topological polar surface area (TPSA) is 12.4 Å². The zero-order valence-electron chi connectivity index (χ0n) is 16.7. The minimum absolute atomic E-state index is 0.764. The standard InChI is InChI=1S/C18H35N2.BF4/c1-7-9-11-18-17(13-12-15(3)4)19-16(5)20(18,6)14-10-8-2;2-1(3,4)5/h15H,7-14H2,1-6H3;/q+1;-1. The average Bonchev–Trinajstić information content (AvgIpc) is 2.71. The van der Waals surface area contributed by atoms with Crippen LogP contribution in [0.4, 0.5) is 17.3 Å². The molecule has 148 valence electrons. The van der Waals surface area contributed by atoms with Gasteiger partial charge in [-0.15, -0.1) is 0 Å². The van der Waals surface area contributed by atoms with Gasteiger partial charge in [0.2, 0.25) is 5.84 Å². The quantitative estimate of drug-likeness (QED) is 0.242. The lowest BCUT2D eigenvalue weighted by Gasteiger charge is -2.32. The lowest BCUT2D eigenvalue weighted by Crippen LogP contribution is -2.45. The summed E-state index contributed by atoms with van der Waals surface area (Å²) in [6.07, 6.45) is 8.77. The Hall–Kier alpha value is -0.845. The molecule has 0 aromatic rings. The third-order valence-corrected chi connectivity index (χ3v) is 4.62. The van der Waals surface area contributed by atoms with Gasteiger partial charge in [0.05, 0.1) is 13.6 Å². The monoisotopic (exact) mass is 366 g/mol. The van der Waals surface area contributed by atoms with Crippen molar-refractivity contribution in [2.24, 2.45) is 10.9 Å². The lowest BCUT2D eigenvalue weighted by atomic mass is 10.0. The van der Waals surface area contributed by atoms with Gasteiger partial charge in [-0.25, -0.2) is 0 Å². The van der Waals surface area contributed by atoms with Crippen LogP contribution < -0.4 is 0 Å². The number of rotatable bonds is 9. The second-order valence-corrected chi connectivity index (χ2v) is 7.35. The fourth-order valence-electron chi connectivity index (χ4n) is 2.98. The second kappa shape index (κ2) is 11.0. The molecule has 1 rings (SSSR count). The smallest absolute Gasteiger partial charge is 0.418 e. The van der Waals surface area contributed by atoms with Gasteiger partial charge in [-0.05, 0) is 31.6 Å². The first-order valence-electron chi connectivity index (χ1n) is 9.47. The van der Waals surface area contributed by atoms with Crippen LogP contribution in [-0.2, 0) is 0 Å². The number of aliphatic imine (C=N–C) groups is 1. The molecule has 1 heterocycles. The number of halogens is 4. The summed E-state index contributed by atoms with van der Waals surface area (Å²) in [5.74, 6) is 2.07. The van der Waals surface area contributed by atoms with Crippen molar-refractivity contribution in [3.8, 4) is 0 Å². The Kier molecular flexibility index (Phi) is 10.6. The summed E-state index contributed by atoms with van der Waals surface area (Å²) in [7, 11) is -3.62. The van der Waals surface area contributed by atoms with Gasteiger partial charge in [-0.3, -0.25) is 4.48 Å². The largest absolute Gasteiger partial charge is 0.673 e. The minimum Gasteiger partial charge on any atom is -0.418 e. The molecule has 0 N–H and O–H groups in total. The van der Waals surface area contributed by atoms with Crippen molar-refractivity contribution in [2.75, 3.05) is 13.6 Å². The van der Waals surface area contributed by atoms with E-state index in [4.69, 9.17) is 4.99 Å². The zero-order valence-corrected chi connectivity index (χ0v) is 16.7. The van der Waals surface area contributed by atoms with Crippen molar-refractivity contribution in [3.63, 3.8) is 0 Å². The van der Waals surface area contributed by atoms with Crippen LogP contribution in [0.5, 0.6) is 0 Å². The van der Waals surface area contributed by atoms with Crippen LogP contribution in [0.15, 0.2) is 16.4 Å². The van der Waals surface area contributed by atoms with Crippen LogP contribution in [0.1, 0.15) is 79.6 Å². The number of quaternary nitrogens is 1. The predicted octanol–water partition coefficient (Wildman–Crippen LogP) is 6.80. The van der Waals surface area contributed by atoms with E-state index in [2.05, 4.69) is 41.7 Å². The molecular weight excluding hydrogens is 331 g/mol. The Bertz CT molecular complexity index is 452. The highest BCUT2D eigenvalue weighted by molar-refractivity contribution is 6.50. The normalized spacial score (nSPS) is 20.7. The molecule has 1 atom stereocenters. The summed E-state index contributed by atoms with van der Waals surface area (Å²) in [5, 5.41) is 0. The molecule has 0 fully saturated rings. The van der Waals surface area contributed by atoms with Crippen LogP contribution in [0.3, 0.4) is 0 Å². The second-order valence-electron chi connectivity index (χ2n) is 7.35. The van der Waals surface area contributed by atoms with E-state index in [9.17, 15) is 17.3 Å². The van der Waals surface area contributed by atoms with E-state index in [0.29, 0.717) is 0 Å². The Morgan fingerprint density at radius 1 is 1.00 bits per heavy atom. The van der Waals surface area contributed by atoms with Gasteiger partial charge >= 0.3 is 7.25 Å². The summed E-state index contributed by atoms with van der Waals surface area (Å²) in [6.45, 7) is 12.6. The van der Waals surface area contributed by atoms with Crippen molar-refractivity contribution in [1.82, 2.24) is 0 Å². The van der Waals surface area contributed by atoms with Crippen molar-refractivity contribution >= 4 is 13.1 Å². The highest BCUT2D eigenvalue weighted by Gasteiger charge is 2.38. The predicted molar refractivity (Wildman–Crippen MR) is 99.9 cm³/mol. The summed E-state index contributed by atoms with van der Waals surface area (Å²) in [6, 6.07) is 0. The minimum atomic E-state index is -6.00. The molecule has 0 bridgehead atoms. The van der Waals surface area contributed by atoms with Crippen LogP contribution in [0.2, 0.25) is 0 Å². The Balaban J connectivity index is 0.00000101. The Morgan fingerprint density at radius 3 is 1.96 bits per heavy atom. The molecule has 0 amide bonds. The molecule has 0 spiro atoms.